The molecule has 0 saturated heterocycles. The molecule has 1 atom stereocenters. The van der Waals surface area contributed by atoms with Crippen LogP contribution in [0.1, 0.15) is 18.1 Å². The van der Waals surface area contributed by atoms with Crippen molar-refractivity contribution in [3.63, 3.8) is 0 Å². The van der Waals surface area contributed by atoms with E-state index >= 15 is 0 Å². The molecule has 5 nitrogen and oxygen atoms in total. The quantitative estimate of drug-likeness (QED) is 0.728. The minimum Gasteiger partial charge on any atom is -0.497 e. The van der Waals surface area contributed by atoms with E-state index in [1.807, 2.05) is 74.4 Å². The summed E-state index contributed by atoms with van der Waals surface area (Å²) in [5, 5.41) is 0. The summed E-state index contributed by atoms with van der Waals surface area (Å²) in [6, 6.07) is 15.5. The van der Waals surface area contributed by atoms with Crippen molar-refractivity contribution in [2.75, 3.05) is 28.3 Å². The molecule has 0 aromatic heterocycles. The van der Waals surface area contributed by atoms with Gasteiger partial charge in [0.25, 0.3) is 0 Å². The second kappa shape index (κ2) is 9.25. The Hall–Kier alpha value is -2.53. The van der Waals surface area contributed by atoms with Crippen molar-refractivity contribution < 1.29 is 14.3 Å². The molecule has 2 aromatic rings. The van der Waals surface area contributed by atoms with Gasteiger partial charge in [-0.3, -0.25) is 9.69 Å². The maximum Gasteiger partial charge on any atom is 0.239 e. The van der Waals surface area contributed by atoms with Crippen LogP contribution in [0.15, 0.2) is 48.5 Å². The van der Waals surface area contributed by atoms with Gasteiger partial charge in [0.15, 0.2) is 0 Å². The molecule has 0 N–H and O–H groups in total. The maximum atomic E-state index is 12.8. The van der Waals surface area contributed by atoms with Crippen molar-refractivity contribution in [1.82, 2.24) is 9.80 Å². The van der Waals surface area contributed by atoms with E-state index in [0.29, 0.717) is 13.1 Å². The Morgan fingerprint density at radius 3 is 2.31 bits per heavy atom. The average molecular weight is 356 g/mol. The lowest BCUT2D eigenvalue weighted by Gasteiger charge is -2.28. The molecule has 140 valence electrons. The van der Waals surface area contributed by atoms with Crippen molar-refractivity contribution >= 4 is 5.91 Å². The zero-order chi connectivity index (χ0) is 19.1. The van der Waals surface area contributed by atoms with Crippen LogP contribution in [-0.4, -0.2) is 50.1 Å². The van der Waals surface area contributed by atoms with Gasteiger partial charge in [-0.15, -0.1) is 0 Å². The van der Waals surface area contributed by atoms with E-state index in [-0.39, 0.29) is 11.9 Å². The lowest BCUT2D eigenvalue weighted by molar-refractivity contribution is -0.135. The third-order valence-corrected chi connectivity index (χ3v) is 4.57. The third kappa shape index (κ3) is 4.99. The Morgan fingerprint density at radius 2 is 1.69 bits per heavy atom. The number of carbonyl (C=O) groups excluding carboxylic acids is 1. The van der Waals surface area contributed by atoms with E-state index in [0.717, 1.165) is 22.6 Å². The number of carbonyl (C=O) groups is 1. The van der Waals surface area contributed by atoms with Crippen LogP contribution in [0, 0.1) is 0 Å². The van der Waals surface area contributed by atoms with Crippen LogP contribution in [0.2, 0.25) is 0 Å². The first kappa shape index (κ1) is 19.8. The van der Waals surface area contributed by atoms with E-state index < -0.39 is 0 Å². The molecule has 0 saturated carbocycles. The van der Waals surface area contributed by atoms with Gasteiger partial charge in [0.2, 0.25) is 5.91 Å². The second-order valence-corrected chi connectivity index (χ2v) is 6.45. The van der Waals surface area contributed by atoms with Crippen LogP contribution in [0.4, 0.5) is 0 Å². The van der Waals surface area contributed by atoms with Gasteiger partial charge < -0.3 is 14.4 Å². The molecule has 0 fully saturated rings. The number of likely N-dealkylation sites (N-methyl/N-ethyl adjacent to an activating group) is 2. The molecule has 2 rings (SSSR count). The molecule has 0 bridgehead atoms. The first-order chi connectivity index (χ1) is 12.5. The minimum atomic E-state index is -0.240. The summed E-state index contributed by atoms with van der Waals surface area (Å²) in [7, 11) is 7.06. The molecule has 0 spiro atoms. The van der Waals surface area contributed by atoms with Crippen LogP contribution in [0.25, 0.3) is 0 Å². The van der Waals surface area contributed by atoms with E-state index in [4.69, 9.17) is 9.47 Å². The highest BCUT2D eigenvalue weighted by Crippen LogP contribution is 2.26. The average Bonchev–Trinajstić information content (AvgIpc) is 2.67. The number of nitrogens with zero attached hydrogens (tertiary/aromatic N) is 2. The Balaban J connectivity index is 2.02. The summed E-state index contributed by atoms with van der Waals surface area (Å²) in [5.74, 6) is 1.59. The minimum absolute atomic E-state index is 0.0869. The molecule has 0 aliphatic rings. The van der Waals surface area contributed by atoms with Gasteiger partial charge in [-0.05, 0) is 25.6 Å². The number of benzene rings is 2. The number of amides is 1. The summed E-state index contributed by atoms with van der Waals surface area (Å²) in [4.78, 5) is 16.6. The molecule has 1 amide bonds. The van der Waals surface area contributed by atoms with E-state index in [1.54, 1.807) is 19.1 Å². The second-order valence-electron chi connectivity index (χ2n) is 6.45. The van der Waals surface area contributed by atoms with Crippen LogP contribution < -0.4 is 9.47 Å². The van der Waals surface area contributed by atoms with Crippen LogP contribution in [0.3, 0.4) is 0 Å². The maximum absolute atomic E-state index is 12.8. The van der Waals surface area contributed by atoms with Crippen molar-refractivity contribution in [2.24, 2.45) is 0 Å². The predicted octanol–water partition coefficient (Wildman–Crippen LogP) is 3.18. The molecule has 0 unspecified atom stereocenters. The van der Waals surface area contributed by atoms with Gasteiger partial charge in [-0.2, -0.15) is 0 Å². The topological polar surface area (TPSA) is 42.0 Å². The fourth-order valence-electron chi connectivity index (χ4n) is 2.83. The third-order valence-electron chi connectivity index (χ3n) is 4.57. The zero-order valence-electron chi connectivity index (χ0n) is 16.2. The summed E-state index contributed by atoms with van der Waals surface area (Å²) in [5.41, 5.74) is 2.14. The molecular formula is C21H28N2O3. The highest BCUT2D eigenvalue weighted by Gasteiger charge is 2.22. The first-order valence-electron chi connectivity index (χ1n) is 8.66. The van der Waals surface area contributed by atoms with Crippen LogP contribution in [0.5, 0.6) is 11.5 Å². The van der Waals surface area contributed by atoms with Crippen LogP contribution in [-0.2, 0) is 17.9 Å². The van der Waals surface area contributed by atoms with Crippen molar-refractivity contribution in [3.8, 4) is 11.5 Å². The molecule has 0 radical (unpaired) electrons. The van der Waals surface area contributed by atoms with Gasteiger partial charge in [-0.25, -0.2) is 0 Å². The van der Waals surface area contributed by atoms with Gasteiger partial charge in [0, 0.05) is 31.8 Å². The number of ether oxygens (including phenoxy) is 2. The van der Waals surface area contributed by atoms with Gasteiger partial charge >= 0.3 is 0 Å². The summed E-state index contributed by atoms with van der Waals surface area (Å²) < 4.78 is 10.7. The lowest BCUT2D eigenvalue weighted by Crippen LogP contribution is -2.43. The molecule has 0 heterocycles. The largest absolute Gasteiger partial charge is 0.497 e. The summed E-state index contributed by atoms with van der Waals surface area (Å²) in [6.45, 7) is 3.14. The zero-order valence-corrected chi connectivity index (χ0v) is 16.2. The fourth-order valence-corrected chi connectivity index (χ4v) is 2.83. The summed E-state index contributed by atoms with van der Waals surface area (Å²) in [6.07, 6.45) is 0. The van der Waals surface area contributed by atoms with Crippen molar-refractivity contribution in [1.29, 1.82) is 0 Å². The molecular weight excluding hydrogens is 328 g/mol. The normalized spacial score (nSPS) is 11.9. The van der Waals surface area contributed by atoms with Gasteiger partial charge in [0.05, 0.1) is 20.3 Å². The van der Waals surface area contributed by atoms with Gasteiger partial charge in [-0.1, -0.05) is 36.4 Å². The monoisotopic (exact) mass is 356 g/mol. The Bertz CT molecular complexity index is 718. The molecule has 5 heteroatoms. The predicted molar refractivity (Wildman–Crippen MR) is 103 cm³/mol. The Labute approximate surface area is 156 Å². The summed E-state index contributed by atoms with van der Waals surface area (Å²) >= 11 is 0. The van der Waals surface area contributed by atoms with Gasteiger partial charge in [0.1, 0.15) is 11.5 Å². The van der Waals surface area contributed by atoms with E-state index in [9.17, 15) is 4.79 Å². The van der Waals surface area contributed by atoms with E-state index in [2.05, 4.69) is 0 Å². The highest BCUT2D eigenvalue weighted by molar-refractivity contribution is 5.81. The molecule has 0 aliphatic heterocycles. The van der Waals surface area contributed by atoms with Crippen molar-refractivity contribution in [2.45, 2.75) is 26.1 Å². The number of rotatable bonds is 8. The van der Waals surface area contributed by atoms with Crippen LogP contribution >= 0.6 is 0 Å². The highest BCUT2D eigenvalue weighted by atomic mass is 16.5. The van der Waals surface area contributed by atoms with E-state index in [1.165, 1.54) is 0 Å². The molecule has 26 heavy (non-hydrogen) atoms. The fraction of sp³-hybridized carbons (Fsp3) is 0.381. The first-order valence-corrected chi connectivity index (χ1v) is 8.66. The SMILES string of the molecule is COc1ccc(CN(C)[C@@H](C)C(=O)N(C)Cc2ccccc2)c(OC)c1. The lowest BCUT2D eigenvalue weighted by atomic mass is 10.1. The molecule has 0 aliphatic carbocycles. The van der Waals surface area contributed by atoms with Crippen molar-refractivity contribution in [3.05, 3.63) is 59.7 Å². The number of hydrogen-bond donors (Lipinski definition) is 0. The standard InChI is InChI=1S/C21H28N2O3/c1-16(21(24)23(3)14-17-9-7-6-8-10-17)22(2)15-18-11-12-19(25-4)13-20(18)26-5/h6-13,16H,14-15H2,1-5H3/t16-/m0/s1. The Morgan fingerprint density at radius 1 is 1.00 bits per heavy atom. The Kier molecular flexibility index (Phi) is 7.04. The molecule has 2 aromatic carbocycles. The smallest absolute Gasteiger partial charge is 0.239 e. The number of methoxy groups -OCH3 is 2. The number of hydrogen-bond acceptors (Lipinski definition) is 4.